The minimum absolute atomic E-state index is 0.0547. The molecule has 1 aromatic rings. The lowest BCUT2D eigenvalue weighted by Gasteiger charge is -2.16. The highest BCUT2D eigenvalue weighted by Crippen LogP contribution is 2.52. The zero-order valence-corrected chi connectivity index (χ0v) is 19.5. The molecule has 2 aliphatic carbocycles. The number of ether oxygens (including phenoxy) is 2. The predicted molar refractivity (Wildman–Crippen MR) is 118 cm³/mol. The first-order valence-corrected chi connectivity index (χ1v) is 11.9. The Balaban J connectivity index is 1.34. The molecule has 1 saturated heterocycles. The number of carbonyl (C=O) groups excluding carboxylic acids is 5. The first kappa shape index (κ1) is 23.2. The minimum Gasteiger partial charge on any atom is -0.462 e. The molecule has 3 aliphatic rings. The van der Waals surface area contributed by atoms with E-state index in [4.69, 9.17) is 9.47 Å². The van der Waals surface area contributed by atoms with Gasteiger partial charge in [-0.15, -0.1) is 11.3 Å². The van der Waals surface area contributed by atoms with Crippen molar-refractivity contribution < 1.29 is 33.4 Å². The third-order valence-electron chi connectivity index (χ3n) is 6.51. The van der Waals surface area contributed by atoms with Gasteiger partial charge in [0.2, 0.25) is 11.8 Å². The van der Waals surface area contributed by atoms with E-state index in [1.807, 2.05) is 26.0 Å². The van der Waals surface area contributed by atoms with Crippen LogP contribution in [0.5, 0.6) is 0 Å². The van der Waals surface area contributed by atoms with Crippen LogP contribution in [-0.4, -0.2) is 54.3 Å². The fraction of sp³-hybridized carbons (Fsp3) is 0.522. The molecule has 4 rings (SSSR count). The van der Waals surface area contributed by atoms with Gasteiger partial charge in [0, 0.05) is 4.88 Å². The average molecular weight is 475 g/mol. The molecule has 10 heteroatoms. The fourth-order valence-electron chi connectivity index (χ4n) is 5.12. The maximum absolute atomic E-state index is 12.7. The van der Waals surface area contributed by atoms with Gasteiger partial charge in [0.15, 0.2) is 6.61 Å². The van der Waals surface area contributed by atoms with Crippen molar-refractivity contribution in [3.05, 3.63) is 28.2 Å². The van der Waals surface area contributed by atoms with Crippen LogP contribution in [0.15, 0.2) is 12.2 Å². The number of likely N-dealkylation sites (tertiary alicyclic amines) is 1. The van der Waals surface area contributed by atoms with Crippen molar-refractivity contribution >= 4 is 46.0 Å². The van der Waals surface area contributed by atoms with Crippen molar-refractivity contribution in [3.63, 3.8) is 0 Å². The van der Waals surface area contributed by atoms with Gasteiger partial charge in [-0.3, -0.25) is 24.1 Å². The molecule has 1 aromatic heterocycles. The van der Waals surface area contributed by atoms with Crippen LogP contribution in [0.2, 0.25) is 0 Å². The quantitative estimate of drug-likeness (QED) is 0.348. The number of allylic oxidation sites excluding steroid dienone is 2. The minimum atomic E-state index is -0.839. The van der Waals surface area contributed by atoms with Gasteiger partial charge < -0.3 is 14.8 Å². The number of nitrogens with one attached hydrogen (secondary N) is 1. The van der Waals surface area contributed by atoms with Crippen LogP contribution in [-0.2, 0) is 35.1 Å². The van der Waals surface area contributed by atoms with E-state index in [1.165, 1.54) is 11.3 Å². The lowest BCUT2D eigenvalue weighted by atomic mass is 9.85. The summed E-state index contributed by atoms with van der Waals surface area (Å²) in [5.41, 5.74) is 1.11. The lowest BCUT2D eigenvalue weighted by molar-refractivity contribution is -0.154. The molecule has 0 aromatic carbocycles. The maximum atomic E-state index is 12.7. The summed E-state index contributed by atoms with van der Waals surface area (Å²) in [5, 5.41) is 2.95. The number of esters is 2. The molecule has 176 valence electrons. The van der Waals surface area contributed by atoms with Crippen molar-refractivity contribution in [2.75, 3.05) is 25.1 Å². The third kappa shape index (κ3) is 4.07. The van der Waals surface area contributed by atoms with E-state index in [-0.39, 0.29) is 42.1 Å². The summed E-state index contributed by atoms with van der Waals surface area (Å²) in [7, 11) is 0. The second-order valence-corrected chi connectivity index (χ2v) is 9.61. The second-order valence-electron chi connectivity index (χ2n) is 8.39. The SMILES string of the molecule is CCOC(=O)c1c(NC(=O)COC(=O)CN2C(=O)[C@H]3[C@H](C2=O)[C@H]2C=C[C@H]3C2)sc(C)c1CC. The van der Waals surface area contributed by atoms with E-state index in [0.29, 0.717) is 17.0 Å². The summed E-state index contributed by atoms with van der Waals surface area (Å²) in [4.78, 5) is 64.2. The number of aryl methyl sites for hydroxylation is 1. The van der Waals surface area contributed by atoms with Crippen LogP contribution in [0.25, 0.3) is 0 Å². The Labute approximate surface area is 195 Å². The van der Waals surface area contributed by atoms with Gasteiger partial charge in [-0.05, 0) is 44.1 Å². The smallest absolute Gasteiger partial charge is 0.341 e. The average Bonchev–Trinajstić information content (AvgIpc) is 3.51. The number of fused-ring (bicyclic) bond motifs is 5. The standard InChI is InChI=1S/C23H26N2O7S/c1-4-14-11(3)33-20(19(14)23(30)31-5-2)24-15(26)10-32-16(27)9-25-21(28)17-12-6-7-13(8-12)18(17)22(25)29/h6-7,12-13,17-18H,4-5,8-10H2,1-3H3,(H,24,26)/t12-,13-,17+,18+/m0/s1. The van der Waals surface area contributed by atoms with Crippen LogP contribution in [0.1, 0.15) is 41.1 Å². The molecule has 0 spiro atoms. The Morgan fingerprint density at radius 1 is 1.09 bits per heavy atom. The molecule has 2 fully saturated rings. The van der Waals surface area contributed by atoms with Crippen LogP contribution in [0.3, 0.4) is 0 Å². The highest BCUT2D eigenvalue weighted by Gasteiger charge is 2.59. The number of carbonyl (C=O) groups is 5. The van der Waals surface area contributed by atoms with Gasteiger partial charge in [0.1, 0.15) is 11.5 Å². The molecule has 0 radical (unpaired) electrons. The number of amides is 3. The number of imide groups is 1. The van der Waals surface area contributed by atoms with E-state index in [2.05, 4.69) is 5.32 Å². The van der Waals surface area contributed by atoms with Gasteiger partial charge in [0.25, 0.3) is 5.91 Å². The summed E-state index contributed by atoms with van der Waals surface area (Å²) in [6, 6.07) is 0. The van der Waals surface area contributed by atoms with Crippen molar-refractivity contribution in [2.45, 2.75) is 33.6 Å². The van der Waals surface area contributed by atoms with Crippen LogP contribution >= 0.6 is 11.3 Å². The van der Waals surface area contributed by atoms with E-state index in [9.17, 15) is 24.0 Å². The molecule has 9 nitrogen and oxygen atoms in total. The predicted octanol–water partition coefficient (Wildman–Crippen LogP) is 2.08. The highest BCUT2D eigenvalue weighted by molar-refractivity contribution is 7.16. The molecule has 1 saturated carbocycles. The Bertz CT molecular complexity index is 1030. The zero-order valence-electron chi connectivity index (χ0n) is 18.7. The monoisotopic (exact) mass is 474 g/mol. The molecule has 1 N–H and O–H groups in total. The molecule has 33 heavy (non-hydrogen) atoms. The van der Waals surface area contributed by atoms with Gasteiger partial charge in [-0.1, -0.05) is 19.1 Å². The Kier molecular flexibility index (Phi) is 6.38. The van der Waals surface area contributed by atoms with Crippen LogP contribution < -0.4 is 5.32 Å². The fourth-order valence-corrected chi connectivity index (χ4v) is 6.26. The van der Waals surface area contributed by atoms with Crippen LogP contribution in [0.4, 0.5) is 5.00 Å². The number of nitrogens with zero attached hydrogens (tertiary/aromatic N) is 1. The van der Waals surface area contributed by atoms with E-state index < -0.39 is 31.0 Å². The zero-order chi connectivity index (χ0) is 23.9. The summed E-state index contributed by atoms with van der Waals surface area (Å²) >= 11 is 1.25. The van der Waals surface area contributed by atoms with Crippen molar-refractivity contribution in [3.8, 4) is 0 Å². The number of thiophene rings is 1. The van der Waals surface area contributed by atoms with Crippen molar-refractivity contribution in [1.29, 1.82) is 0 Å². The summed E-state index contributed by atoms with van der Waals surface area (Å²) in [6.07, 6.45) is 5.35. The largest absolute Gasteiger partial charge is 0.462 e. The van der Waals surface area contributed by atoms with Crippen LogP contribution in [0, 0.1) is 30.6 Å². The molecule has 3 amide bonds. The number of hydrogen-bond acceptors (Lipinski definition) is 8. The Morgan fingerprint density at radius 3 is 2.30 bits per heavy atom. The molecule has 2 heterocycles. The molecular weight excluding hydrogens is 448 g/mol. The third-order valence-corrected chi connectivity index (χ3v) is 7.57. The van der Waals surface area contributed by atoms with Gasteiger partial charge >= 0.3 is 11.9 Å². The van der Waals surface area contributed by atoms with Crippen molar-refractivity contribution in [1.82, 2.24) is 4.90 Å². The molecule has 4 atom stereocenters. The van der Waals surface area contributed by atoms with Gasteiger partial charge in [-0.2, -0.15) is 0 Å². The maximum Gasteiger partial charge on any atom is 0.341 e. The normalized spacial score (nSPS) is 24.9. The number of rotatable bonds is 8. The van der Waals surface area contributed by atoms with Gasteiger partial charge in [0.05, 0.1) is 24.0 Å². The summed E-state index contributed by atoms with van der Waals surface area (Å²) < 4.78 is 10.1. The molecular formula is C23H26N2O7S. The van der Waals surface area contributed by atoms with Gasteiger partial charge in [-0.25, -0.2) is 4.79 Å². The van der Waals surface area contributed by atoms with E-state index >= 15 is 0 Å². The summed E-state index contributed by atoms with van der Waals surface area (Å²) in [6.45, 7) is 4.55. The van der Waals surface area contributed by atoms with E-state index in [1.54, 1.807) is 6.92 Å². The topological polar surface area (TPSA) is 119 Å². The molecule has 0 unspecified atom stereocenters. The first-order chi connectivity index (χ1) is 15.8. The Morgan fingerprint density at radius 2 is 1.73 bits per heavy atom. The summed E-state index contributed by atoms with van der Waals surface area (Å²) in [5.74, 6) is -3.35. The molecule has 2 bridgehead atoms. The van der Waals surface area contributed by atoms with E-state index in [0.717, 1.165) is 21.8 Å². The van der Waals surface area contributed by atoms with Crippen molar-refractivity contribution in [2.24, 2.45) is 23.7 Å². The second kappa shape index (κ2) is 9.09. The lowest BCUT2D eigenvalue weighted by Crippen LogP contribution is -2.38. The number of anilines is 1. The highest BCUT2D eigenvalue weighted by atomic mass is 32.1. The Hall–Kier alpha value is -3.01. The first-order valence-electron chi connectivity index (χ1n) is 11.0. The number of hydrogen-bond donors (Lipinski definition) is 1. The molecule has 1 aliphatic heterocycles.